The van der Waals surface area contributed by atoms with Gasteiger partial charge in [-0.25, -0.2) is 0 Å². The summed E-state index contributed by atoms with van der Waals surface area (Å²) in [7, 11) is 0. The van der Waals surface area contributed by atoms with Gasteiger partial charge >= 0.3 is 0 Å². The molecule has 4 nitrogen and oxygen atoms in total. The van der Waals surface area contributed by atoms with Crippen molar-refractivity contribution >= 4 is 52.6 Å². The van der Waals surface area contributed by atoms with Crippen LogP contribution in [0.4, 0.5) is 5.69 Å². The van der Waals surface area contributed by atoms with Gasteiger partial charge in [-0.3, -0.25) is 5.43 Å². The van der Waals surface area contributed by atoms with Crippen molar-refractivity contribution in [3.63, 3.8) is 0 Å². The van der Waals surface area contributed by atoms with Gasteiger partial charge in [0, 0.05) is 15.6 Å². The summed E-state index contributed by atoms with van der Waals surface area (Å²) in [6.07, 6.45) is 1.57. The second-order valence-corrected chi connectivity index (χ2v) is 6.83. The average molecular weight is 388 g/mol. The second-order valence-electron chi connectivity index (χ2n) is 4.90. The third kappa shape index (κ3) is 5.63. The molecule has 0 aliphatic rings. The zero-order chi connectivity index (χ0) is 17.5. The molecule has 2 N–H and O–H groups in total. The van der Waals surface area contributed by atoms with E-state index >= 15 is 0 Å². The van der Waals surface area contributed by atoms with Crippen LogP contribution < -0.4 is 10.7 Å². The van der Waals surface area contributed by atoms with Crippen molar-refractivity contribution in [1.29, 1.82) is 0 Å². The summed E-state index contributed by atoms with van der Waals surface area (Å²) < 4.78 is 5.69. The smallest absolute Gasteiger partial charge is 0.191 e. The molecule has 0 aliphatic heterocycles. The van der Waals surface area contributed by atoms with Crippen molar-refractivity contribution in [1.82, 2.24) is 5.43 Å². The van der Waals surface area contributed by atoms with Gasteiger partial charge in [-0.1, -0.05) is 41.6 Å². The van der Waals surface area contributed by atoms with E-state index in [1.165, 1.54) is 11.8 Å². The second kappa shape index (κ2) is 8.71. The number of nitrogens with one attached hydrogen (secondary N) is 2. The van der Waals surface area contributed by atoms with Gasteiger partial charge in [0.2, 0.25) is 0 Å². The van der Waals surface area contributed by atoms with Crippen LogP contribution >= 0.6 is 35.6 Å². The number of benzene rings is 2. The molecule has 0 amide bonds. The number of para-hydroxylation sites is 1. The van der Waals surface area contributed by atoms with Gasteiger partial charge in [0.15, 0.2) is 10.2 Å². The molecule has 25 heavy (non-hydrogen) atoms. The first-order valence-electron chi connectivity index (χ1n) is 7.37. The fourth-order valence-electron chi connectivity index (χ4n) is 1.91. The van der Waals surface area contributed by atoms with E-state index in [4.69, 9.17) is 28.2 Å². The Hall–Kier alpha value is -2.28. The van der Waals surface area contributed by atoms with E-state index in [-0.39, 0.29) is 0 Å². The molecule has 0 atom stereocenters. The molecule has 0 saturated carbocycles. The van der Waals surface area contributed by atoms with Crippen LogP contribution in [-0.2, 0) is 0 Å². The number of halogens is 1. The van der Waals surface area contributed by atoms with Gasteiger partial charge in [0.25, 0.3) is 0 Å². The van der Waals surface area contributed by atoms with E-state index in [9.17, 15) is 0 Å². The van der Waals surface area contributed by atoms with E-state index in [2.05, 4.69) is 15.8 Å². The summed E-state index contributed by atoms with van der Waals surface area (Å²) in [5.74, 6) is 0.631. The molecule has 3 aromatic rings. The summed E-state index contributed by atoms with van der Waals surface area (Å²) >= 11 is 12.6. The van der Waals surface area contributed by atoms with Crippen LogP contribution in [-0.4, -0.2) is 11.3 Å². The number of hydrazone groups is 1. The summed E-state index contributed by atoms with van der Waals surface area (Å²) in [5, 5.41) is 8.99. The number of hydrogen-bond acceptors (Lipinski definition) is 4. The van der Waals surface area contributed by atoms with Crippen LogP contribution in [0.25, 0.3) is 0 Å². The lowest BCUT2D eigenvalue weighted by molar-refractivity contribution is 0.469. The molecule has 1 aromatic heterocycles. The first-order chi connectivity index (χ1) is 12.2. The number of nitrogens with zero attached hydrogens (tertiary/aromatic N) is 1. The maximum atomic E-state index is 5.88. The van der Waals surface area contributed by atoms with Gasteiger partial charge in [-0.05, 0) is 60.7 Å². The van der Waals surface area contributed by atoms with Gasteiger partial charge in [0.05, 0.1) is 6.21 Å². The van der Waals surface area contributed by atoms with Crippen molar-refractivity contribution in [3.05, 3.63) is 77.5 Å². The lowest BCUT2D eigenvalue weighted by Gasteiger charge is -2.05. The zero-order valence-corrected chi connectivity index (χ0v) is 15.4. The molecule has 0 unspecified atom stereocenters. The fraction of sp³-hybridized carbons (Fsp3) is 0. The number of thiocarbonyl (C=S) groups is 1. The zero-order valence-electron chi connectivity index (χ0n) is 13.0. The van der Waals surface area contributed by atoms with Crippen molar-refractivity contribution in [3.8, 4) is 0 Å². The summed E-state index contributed by atoms with van der Waals surface area (Å²) in [6.45, 7) is 0. The predicted molar refractivity (Wildman–Crippen MR) is 108 cm³/mol. The average Bonchev–Trinajstić information content (AvgIpc) is 3.05. The van der Waals surface area contributed by atoms with Crippen molar-refractivity contribution < 1.29 is 4.42 Å². The molecule has 2 aromatic carbocycles. The molecule has 0 saturated heterocycles. The first kappa shape index (κ1) is 17.5. The topological polar surface area (TPSA) is 49.6 Å². The third-order valence-corrected chi connectivity index (χ3v) is 4.40. The molecule has 0 aliphatic carbocycles. The Labute approximate surface area is 160 Å². The minimum Gasteiger partial charge on any atom is -0.448 e. The Balaban J connectivity index is 1.51. The van der Waals surface area contributed by atoms with Gasteiger partial charge in [-0.15, -0.1) is 0 Å². The van der Waals surface area contributed by atoms with Crippen LogP contribution in [0.5, 0.6) is 0 Å². The molecule has 3 rings (SSSR count). The SMILES string of the molecule is S=C(N/N=C/c1ccc(Sc2ccc(Cl)cc2)o1)Nc1ccccc1. The van der Waals surface area contributed by atoms with Crippen molar-refractivity contribution in [2.45, 2.75) is 9.99 Å². The van der Waals surface area contributed by atoms with Crippen LogP contribution in [0.15, 0.2) is 86.2 Å². The largest absolute Gasteiger partial charge is 0.448 e. The minimum absolute atomic E-state index is 0.407. The highest BCUT2D eigenvalue weighted by Gasteiger charge is 2.03. The maximum absolute atomic E-state index is 5.88. The molecular formula is C18H14ClN3OS2. The van der Waals surface area contributed by atoms with Crippen molar-refractivity contribution in [2.75, 3.05) is 5.32 Å². The van der Waals surface area contributed by atoms with E-state index in [0.717, 1.165) is 15.7 Å². The Morgan fingerprint density at radius 1 is 1.04 bits per heavy atom. The molecule has 0 bridgehead atoms. The van der Waals surface area contributed by atoms with Crippen LogP contribution in [0.3, 0.4) is 0 Å². The predicted octanol–water partition coefficient (Wildman–Crippen LogP) is 5.40. The van der Waals surface area contributed by atoms with Crippen LogP contribution in [0.1, 0.15) is 5.76 Å². The molecule has 126 valence electrons. The van der Waals surface area contributed by atoms with Crippen LogP contribution in [0.2, 0.25) is 5.02 Å². The molecule has 1 heterocycles. The lowest BCUT2D eigenvalue weighted by Crippen LogP contribution is -2.23. The van der Waals surface area contributed by atoms with Gasteiger partial charge < -0.3 is 9.73 Å². The standard InChI is InChI=1S/C18H14ClN3OS2/c19-13-6-9-16(10-7-13)25-17-11-8-15(23-17)12-20-22-18(24)21-14-4-2-1-3-5-14/h1-12H,(H2,21,22,24)/b20-12+. The molecule has 7 heteroatoms. The molecule has 0 fully saturated rings. The maximum Gasteiger partial charge on any atom is 0.191 e. The number of rotatable bonds is 5. The highest BCUT2D eigenvalue weighted by molar-refractivity contribution is 7.99. The van der Waals surface area contributed by atoms with E-state index in [0.29, 0.717) is 15.9 Å². The number of furan rings is 1. The Bertz CT molecular complexity index is 864. The minimum atomic E-state index is 0.407. The monoisotopic (exact) mass is 387 g/mol. The lowest BCUT2D eigenvalue weighted by atomic mass is 10.3. The number of hydrogen-bond donors (Lipinski definition) is 2. The van der Waals surface area contributed by atoms with E-state index < -0.39 is 0 Å². The highest BCUT2D eigenvalue weighted by atomic mass is 35.5. The van der Waals surface area contributed by atoms with E-state index in [1.807, 2.05) is 66.7 Å². The third-order valence-electron chi connectivity index (χ3n) is 3.02. The normalized spacial score (nSPS) is 10.8. The highest BCUT2D eigenvalue weighted by Crippen LogP contribution is 2.29. The summed E-state index contributed by atoms with van der Waals surface area (Å²) in [4.78, 5) is 1.05. The quantitative estimate of drug-likeness (QED) is 0.348. The van der Waals surface area contributed by atoms with Gasteiger partial charge in [0.1, 0.15) is 5.76 Å². The van der Waals surface area contributed by atoms with Crippen LogP contribution in [0, 0.1) is 0 Å². The molecular weight excluding hydrogens is 374 g/mol. The molecule has 0 spiro atoms. The Morgan fingerprint density at radius 3 is 2.56 bits per heavy atom. The Morgan fingerprint density at radius 2 is 1.80 bits per heavy atom. The van der Waals surface area contributed by atoms with Crippen molar-refractivity contribution in [2.24, 2.45) is 5.10 Å². The number of anilines is 1. The fourth-order valence-corrected chi connectivity index (χ4v) is 2.99. The Kier molecular flexibility index (Phi) is 6.11. The van der Waals surface area contributed by atoms with Gasteiger partial charge in [-0.2, -0.15) is 5.10 Å². The molecule has 0 radical (unpaired) electrons. The summed E-state index contributed by atoms with van der Waals surface area (Å²) in [6, 6.07) is 21.0. The first-order valence-corrected chi connectivity index (χ1v) is 8.98. The van der Waals surface area contributed by atoms with E-state index in [1.54, 1.807) is 6.21 Å². The summed E-state index contributed by atoms with van der Waals surface area (Å²) in [5.41, 5.74) is 3.65.